The third-order valence-electron chi connectivity index (χ3n) is 3.85. The van der Waals surface area contributed by atoms with Gasteiger partial charge in [-0.2, -0.15) is 0 Å². The zero-order chi connectivity index (χ0) is 12.7. The van der Waals surface area contributed by atoms with Gasteiger partial charge in [0, 0.05) is 12.2 Å². The zero-order valence-corrected chi connectivity index (χ0v) is 11.6. The molecule has 0 aliphatic heterocycles. The quantitative estimate of drug-likeness (QED) is 0.785. The van der Waals surface area contributed by atoms with Crippen molar-refractivity contribution < 1.29 is 0 Å². The summed E-state index contributed by atoms with van der Waals surface area (Å²) in [5.41, 5.74) is 3.20. The molecule has 0 N–H and O–H groups in total. The van der Waals surface area contributed by atoms with E-state index in [1.165, 1.54) is 24.8 Å². The molecule has 2 heterocycles. The Balaban J connectivity index is 2.07. The Morgan fingerprint density at radius 3 is 3.06 bits per heavy atom. The summed E-state index contributed by atoms with van der Waals surface area (Å²) in [7, 11) is 0. The molecule has 18 heavy (non-hydrogen) atoms. The van der Waals surface area contributed by atoms with Crippen molar-refractivity contribution in [2.75, 3.05) is 0 Å². The Labute approximate surface area is 112 Å². The standard InChI is InChI=1S/C14H18ClN3/c1-3-4-10-7-11(10)18-12(8-15)17-13-9(2)5-6-16-14(13)18/h5-6,10-11H,3-4,7-8H2,1-2H3. The van der Waals surface area contributed by atoms with Crippen LogP contribution in [0.2, 0.25) is 0 Å². The summed E-state index contributed by atoms with van der Waals surface area (Å²) in [6.45, 7) is 4.32. The smallest absolute Gasteiger partial charge is 0.160 e. The van der Waals surface area contributed by atoms with Crippen molar-refractivity contribution in [2.24, 2.45) is 5.92 Å². The van der Waals surface area contributed by atoms with Gasteiger partial charge in [0.15, 0.2) is 5.65 Å². The molecule has 1 saturated carbocycles. The summed E-state index contributed by atoms with van der Waals surface area (Å²) in [6.07, 6.45) is 5.65. The van der Waals surface area contributed by atoms with Crippen LogP contribution in [-0.4, -0.2) is 14.5 Å². The molecule has 96 valence electrons. The molecule has 4 heteroatoms. The van der Waals surface area contributed by atoms with Gasteiger partial charge in [-0.1, -0.05) is 13.3 Å². The predicted octanol–water partition coefficient (Wildman–Crippen LogP) is 3.84. The van der Waals surface area contributed by atoms with Gasteiger partial charge in [0.25, 0.3) is 0 Å². The van der Waals surface area contributed by atoms with Gasteiger partial charge in [-0.05, 0) is 37.3 Å². The van der Waals surface area contributed by atoms with Gasteiger partial charge in [-0.25, -0.2) is 9.97 Å². The van der Waals surface area contributed by atoms with Crippen LogP contribution in [0.15, 0.2) is 12.3 Å². The second kappa shape index (κ2) is 4.54. The fraction of sp³-hybridized carbons (Fsp3) is 0.571. The number of fused-ring (bicyclic) bond motifs is 1. The molecule has 1 aliphatic carbocycles. The molecule has 1 aliphatic rings. The minimum Gasteiger partial charge on any atom is -0.308 e. The summed E-state index contributed by atoms with van der Waals surface area (Å²) in [4.78, 5) is 9.16. The molecular formula is C14H18ClN3. The van der Waals surface area contributed by atoms with E-state index in [4.69, 9.17) is 11.6 Å². The molecule has 0 saturated heterocycles. The van der Waals surface area contributed by atoms with Gasteiger partial charge < -0.3 is 4.57 Å². The van der Waals surface area contributed by atoms with Crippen molar-refractivity contribution in [1.82, 2.24) is 14.5 Å². The first kappa shape index (κ1) is 12.0. The minimum absolute atomic E-state index is 0.463. The Hall–Kier alpha value is -1.09. The molecule has 2 aromatic heterocycles. The lowest BCUT2D eigenvalue weighted by Crippen LogP contribution is -2.02. The maximum Gasteiger partial charge on any atom is 0.160 e. The van der Waals surface area contributed by atoms with E-state index in [-0.39, 0.29) is 0 Å². The second-order valence-electron chi connectivity index (χ2n) is 5.18. The van der Waals surface area contributed by atoms with Gasteiger partial charge >= 0.3 is 0 Å². The second-order valence-corrected chi connectivity index (χ2v) is 5.45. The maximum atomic E-state index is 6.04. The largest absolute Gasteiger partial charge is 0.308 e. The monoisotopic (exact) mass is 263 g/mol. The third kappa shape index (κ3) is 1.81. The average molecular weight is 264 g/mol. The van der Waals surface area contributed by atoms with Gasteiger partial charge in [-0.15, -0.1) is 11.6 Å². The first-order valence-corrected chi connectivity index (χ1v) is 7.18. The predicted molar refractivity (Wildman–Crippen MR) is 73.9 cm³/mol. The number of pyridine rings is 1. The molecule has 2 unspecified atom stereocenters. The minimum atomic E-state index is 0.463. The highest BCUT2D eigenvalue weighted by Crippen LogP contribution is 2.48. The van der Waals surface area contributed by atoms with E-state index in [2.05, 4.69) is 28.4 Å². The Bertz CT molecular complexity index is 576. The van der Waals surface area contributed by atoms with E-state index in [9.17, 15) is 0 Å². The number of aromatic nitrogens is 3. The SMILES string of the molecule is CCCC1CC1n1c(CCl)nc2c(C)ccnc21. The van der Waals surface area contributed by atoms with Crippen LogP contribution in [0.1, 0.15) is 43.6 Å². The zero-order valence-electron chi connectivity index (χ0n) is 10.9. The van der Waals surface area contributed by atoms with E-state index in [1.807, 2.05) is 12.3 Å². The summed E-state index contributed by atoms with van der Waals surface area (Å²) in [5.74, 6) is 2.22. The van der Waals surface area contributed by atoms with Crippen LogP contribution in [0, 0.1) is 12.8 Å². The Morgan fingerprint density at radius 2 is 2.33 bits per heavy atom. The molecule has 0 spiro atoms. The average Bonchev–Trinajstić information content (AvgIpc) is 3.01. The number of rotatable bonds is 4. The summed E-state index contributed by atoms with van der Waals surface area (Å²) in [5, 5.41) is 0. The van der Waals surface area contributed by atoms with Crippen LogP contribution < -0.4 is 0 Å². The number of alkyl halides is 1. The number of hydrogen-bond donors (Lipinski definition) is 0. The molecule has 3 rings (SSSR count). The van der Waals surface area contributed by atoms with Crippen LogP contribution in [-0.2, 0) is 5.88 Å². The van der Waals surface area contributed by atoms with Crippen molar-refractivity contribution in [2.45, 2.75) is 45.0 Å². The topological polar surface area (TPSA) is 30.7 Å². The number of hydrogen-bond acceptors (Lipinski definition) is 2. The summed E-state index contributed by atoms with van der Waals surface area (Å²) < 4.78 is 2.27. The number of imidazole rings is 1. The fourth-order valence-electron chi connectivity index (χ4n) is 2.83. The number of aryl methyl sites for hydroxylation is 1. The van der Waals surface area contributed by atoms with Crippen molar-refractivity contribution >= 4 is 22.8 Å². The van der Waals surface area contributed by atoms with E-state index in [1.54, 1.807) is 0 Å². The lowest BCUT2D eigenvalue weighted by molar-refractivity contribution is 0.603. The molecule has 0 amide bonds. The summed E-state index contributed by atoms with van der Waals surface area (Å²) >= 11 is 6.04. The highest BCUT2D eigenvalue weighted by molar-refractivity contribution is 6.16. The van der Waals surface area contributed by atoms with Crippen molar-refractivity contribution in [1.29, 1.82) is 0 Å². The van der Waals surface area contributed by atoms with Crippen molar-refractivity contribution in [3.05, 3.63) is 23.7 Å². The Kier molecular flexibility index (Phi) is 3.02. The molecule has 0 bridgehead atoms. The fourth-order valence-corrected chi connectivity index (χ4v) is 3.02. The normalized spacial score (nSPS) is 22.6. The van der Waals surface area contributed by atoms with Crippen molar-refractivity contribution in [3.63, 3.8) is 0 Å². The summed E-state index contributed by atoms with van der Waals surface area (Å²) in [6, 6.07) is 2.58. The van der Waals surface area contributed by atoms with E-state index >= 15 is 0 Å². The van der Waals surface area contributed by atoms with Crippen LogP contribution in [0.5, 0.6) is 0 Å². The van der Waals surface area contributed by atoms with Crippen molar-refractivity contribution in [3.8, 4) is 0 Å². The van der Waals surface area contributed by atoms with E-state index < -0.39 is 0 Å². The van der Waals surface area contributed by atoms with E-state index in [0.29, 0.717) is 11.9 Å². The molecule has 2 atom stereocenters. The molecule has 1 fully saturated rings. The number of nitrogens with zero attached hydrogens (tertiary/aromatic N) is 3. The highest BCUT2D eigenvalue weighted by atomic mass is 35.5. The molecule has 2 aromatic rings. The molecule has 0 radical (unpaired) electrons. The lowest BCUT2D eigenvalue weighted by atomic mass is 10.2. The highest BCUT2D eigenvalue weighted by Gasteiger charge is 2.40. The van der Waals surface area contributed by atoms with Gasteiger partial charge in [0.1, 0.15) is 11.3 Å². The van der Waals surface area contributed by atoms with Crippen LogP contribution >= 0.6 is 11.6 Å². The van der Waals surface area contributed by atoms with Gasteiger partial charge in [-0.3, -0.25) is 0 Å². The Morgan fingerprint density at radius 1 is 1.50 bits per heavy atom. The third-order valence-corrected chi connectivity index (χ3v) is 4.09. The number of halogens is 1. The van der Waals surface area contributed by atoms with E-state index in [0.717, 1.165) is 22.9 Å². The first-order chi connectivity index (χ1) is 8.76. The first-order valence-electron chi connectivity index (χ1n) is 6.64. The lowest BCUT2D eigenvalue weighted by Gasteiger charge is -2.06. The van der Waals surface area contributed by atoms with Crippen LogP contribution in [0.3, 0.4) is 0 Å². The van der Waals surface area contributed by atoms with Gasteiger partial charge in [0.2, 0.25) is 0 Å². The maximum absolute atomic E-state index is 6.04. The van der Waals surface area contributed by atoms with Crippen LogP contribution in [0.25, 0.3) is 11.2 Å². The molecular weight excluding hydrogens is 246 g/mol. The molecule has 0 aromatic carbocycles. The van der Waals surface area contributed by atoms with Gasteiger partial charge in [0.05, 0.1) is 5.88 Å². The molecule has 3 nitrogen and oxygen atoms in total. The van der Waals surface area contributed by atoms with Crippen LogP contribution in [0.4, 0.5) is 0 Å².